The highest BCUT2D eigenvalue weighted by Crippen LogP contribution is 2.32. The Morgan fingerprint density at radius 1 is 1.07 bits per heavy atom. The van der Waals surface area contributed by atoms with E-state index in [1.807, 2.05) is 61.5 Å². The summed E-state index contributed by atoms with van der Waals surface area (Å²) in [4.78, 5) is 26.8. The van der Waals surface area contributed by atoms with E-state index in [0.29, 0.717) is 25.8 Å². The summed E-state index contributed by atoms with van der Waals surface area (Å²) in [5.74, 6) is -0.257. The van der Waals surface area contributed by atoms with Crippen molar-refractivity contribution >= 4 is 11.8 Å². The van der Waals surface area contributed by atoms with Crippen molar-refractivity contribution in [3.63, 3.8) is 0 Å². The maximum atomic E-state index is 12.8. The highest BCUT2D eigenvalue weighted by atomic mass is 16.3. The maximum Gasteiger partial charge on any atom is 0.242 e. The number of hydrogen-bond donors (Lipinski definition) is 2. The first-order chi connectivity index (χ1) is 14.0. The standard InChI is InChI=1S/C24H30N2O3/c1-19-8-10-20(11-9-19)12-13-22(28)25-17-23(29)26-15-5-14-24(26,18-27)16-21-6-3-2-4-7-21/h2-4,6-11,27H,5,12-18H2,1H3,(H,25,28)/t24-/m0/s1. The Morgan fingerprint density at radius 2 is 1.79 bits per heavy atom. The van der Waals surface area contributed by atoms with Gasteiger partial charge in [-0.15, -0.1) is 0 Å². The van der Waals surface area contributed by atoms with Crippen molar-refractivity contribution in [1.82, 2.24) is 10.2 Å². The molecule has 29 heavy (non-hydrogen) atoms. The van der Waals surface area contributed by atoms with Crippen LogP contribution in [0.3, 0.4) is 0 Å². The number of aryl methyl sites for hydroxylation is 2. The summed E-state index contributed by atoms with van der Waals surface area (Å²) in [5, 5.41) is 12.9. The highest BCUT2D eigenvalue weighted by molar-refractivity contribution is 5.85. The summed E-state index contributed by atoms with van der Waals surface area (Å²) in [5.41, 5.74) is 2.82. The van der Waals surface area contributed by atoms with Crippen LogP contribution in [0, 0.1) is 6.92 Å². The lowest BCUT2D eigenvalue weighted by Gasteiger charge is -2.37. The number of nitrogens with one attached hydrogen (secondary N) is 1. The number of carbonyl (C=O) groups is 2. The molecule has 0 radical (unpaired) electrons. The van der Waals surface area contributed by atoms with Crippen LogP contribution in [0.2, 0.25) is 0 Å². The van der Waals surface area contributed by atoms with E-state index in [1.54, 1.807) is 4.90 Å². The topological polar surface area (TPSA) is 69.6 Å². The summed E-state index contributed by atoms with van der Waals surface area (Å²) in [6, 6.07) is 18.0. The molecule has 2 aromatic carbocycles. The molecule has 3 rings (SSSR count). The fourth-order valence-electron chi connectivity index (χ4n) is 4.08. The van der Waals surface area contributed by atoms with E-state index in [-0.39, 0.29) is 25.0 Å². The van der Waals surface area contributed by atoms with Crippen molar-refractivity contribution in [2.24, 2.45) is 0 Å². The second kappa shape index (κ2) is 9.70. The van der Waals surface area contributed by atoms with Crippen molar-refractivity contribution in [3.05, 3.63) is 71.3 Å². The van der Waals surface area contributed by atoms with Crippen LogP contribution in [-0.4, -0.2) is 47.1 Å². The second-order valence-corrected chi connectivity index (χ2v) is 7.96. The van der Waals surface area contributed by atoms with Gasteiger partial charge in [-0.05, 0) is 43.7 Å². The number of aliphatic hydroxyl groups excluding tert-OH is 1. The molecule has 2 amide bonds. The third kappa shape index (κ3) is 5.45. The minimum Gasteiger partial charge on any atom is -0.394 e. The molecule has 1 aliphatic heterocycles. The number of amides is 2. The smallest absolute Gasteiger partial charge is 0.242 e. The predicted octanol–water partition coefficient (Wildman–Crippen LogP) is 2.64. The van der Waals surface area contributed by atoms with Gasteiger partial charge < -0.3 is 15.3 Å². The molecule has 2 aromatic rings. The lowest BCUT2D eigenvalue weighted by Crippen LogP contribution is -2.54. The third-order valence-electron chi connectivity index (χ3n) is 5.77. The van der Waals surface area contributed by atoms with Gasteiger partial charge in [-0.3, -0.25) is 9.59 Å². The van der Waals surface area contributed by atoms with Crippen LogP contribution in [0.15, 0.2) is 54.6 Å². The van der Waals surface area contributed by atoms with Crippen LogP contribution in [0.25, 0.3) is 0 Å². The highest BCUT2D eigenvalue weighted by Gasteiger charge is 2.43. The summed E-state index contributed by atoms with van der Waals surface area (Å²) in [6.45, 7) is 2.55. The first-order valence-corrected chi connectivity index (χ1v) is 10.3. The fourth-order valence-corrected chi connectivity index (χ4v) is 4.08. The number of rotatable bonds is 8. The van der Waals surface area contributed by atoms with E-state index in [1.165, 1.54) is 5.56 Å². The monoisotopic (exact) mass is 394 g/mol. The van der Waals surface area contributed by atoms with E-state index in [9.17, 15) is 14.7 Å². The van der Waals surface area contributed by atoms with Gasteiger partial charge >= 0.3 is 0 Å². The van der Waals surface area contributed by atoms with Crippen molar-refractivity contribution in [3.8, 4) is 0 Å². The van der Waals surface area contributed by atoms with Gasteiger partial charge in [0.15, 0.2) is 0 Å². The van der Waals surface area contributed by atoms with Crippen LogP contribution >= 0.6 is 0 Å². The molecular formula is C24H30N2O3. The van der Waals surface area contributed by atoms with Gasteiger partial charge in [0.2, 0.25) is 11.8 Å². The van der Waals surface area contributed by atoms with E-state index < -0.39 is 5.54 Å². The van der Waals surface area contributed by atoms with E-state index >= 15 is 0 Å². The molecular weight excluding hydrogens is 364 g/mol. The Hall–Kier alpha value is -2.66. The molecule has 154 valence electrons. The average Bonchev–Trinajstić information content (AvgIpc) is 3.16. The van der Waals surface area contributed by atoms with Gasteiger partial charge in [-0.25, -0.2) is 0 Å². The Kier molecular flexibility index (Phi) is 7.04. The Bertz CT molecular complexity index is 820. The summed E-state index contributed by atoms with van der Waals surface area (Å²) in [7, 11) is 0. The molecule has 0 bridgehead atoms. The summed E-state index contributed by atoms with van der Waals surface area (Å²) < 4.78 is 0. The van der Waals surface area contributed by atoms with Crippen LogP contribution in [-0.2, 0) is 22.4 Å². The zero-order valence-electron chi connectivity index (χ0n) is 17.1. The molecule has 0 aliphatic carbocycles. The molecule has 0 spiro atoms. The lowest BCUT2D eigenvalue weighted by molar-refractivity contribution is -0.137. The number of benzene rings is 2. The quantitative estimate of drug-likeness (QED) is 0.723. The van der Waals surface area contributed by atoms with E-state index in [4.69, 9.17) is 0 Å². The fraction of sp³-hybridized carbons (Fsp3) is 0.417. The summed E-state index contributed by atoms with van der Waals surface area (Å²) in [6.07, 6.45) is 3.26. The van der Waals surface area contributed by atoms with Crippen molar-refractivity contribution in [2.75, 3.05) is 19.7 Å². The second-order valence-electron chi connectivity index (χ2n) is 7.96. The zero-order valence-corrected chi connectivity index (χ0v) is 17.1. The van der Waals surface area contributed by atoms with Gasteiger partial charge in [-0.2, -0.15) is 0 Å². The lowest BCUT2D eigenvalue weighted by atomic mass is 9.88. The number of carbonyl (C=O) groups excluding carboxylic acids is 2. The number of nitrogens with zero attached hydrogens (tertiary/aromatic N) is 1. The number of aliphatic hydroxyl groups is 1. The molecule has 1 atom stereocenters. The SMILES string of the molecule is Cc1ccc(CCC(=O)NCC(=O)N2CCC[C@@]2(CO)Cc2ccccc2)cc1. The van der Waals surface area contributed by atoms with Crippen molar-refractivity contribution in [1.29, 1.82) is 0 Å². The first kappa shape index (κ1) is 21.1. The van der Waals surface area contributed by atoms with Crippen molar-refractivity contribution < 1.29 is 14.7 Å². The maximum absolute atomic E-state index is 12.8. The first-order valence-electron chi connectivity index (χ1n) is 10.3. The predicted molar refractivity (Wildman–Crippen MR) is 113 cm³/mol. The van der Waals surface area contributed by atoms with Gasteiger partial charge in [0.1, 0.15) is 0 Å². The van der Waals surface area contributed by atoms with Gasteiger partial charge in [0.25, 0.3) is 0 Å². The van der Waals surface area contributed by atoms with Gasteiger partial charge in [0.05, 0.1) is 18.7 Å². The molecule has 5 nitrogen and oxygen atoms in total. The number of likely N-dealkylation sites (tertiary alicyclic amines) is 1. The summed E-state index contributed by atoms with van der Waals surface area (Å²) >= 11 is 0. The molecule has 1 fully saturated rings. The van der Waals surface area contributed by atoms with Crippen LogP contribution < -0.4 is 5.32 Å². The minimum atomic E-state index is -0.578. The van der Waals surface area contributed by atoms with Crippen molar-refractivity contribution in [2.45, 2.75) is 44.6 Å². The number of hydrogen-bond acceptors (Lipinski definition) is 3. The Balaban J connectivity index is 1.53. The van der Waals surface area contributed by atoms with Crippen LogP contribution in [0.5, 0.6) is 0 Å². The molecule has 0 saturated carbocycles. The zero-order chi connectivity index (χ0) is 20.7. The van der Waals surface area contributed by atoms with Crippen LogP contribution in [0.1, 0.15) is 36.0 Å². The molecule has 5 heteroatoms. The molecule has 1 heterocycles. The Labute approximate surface area is 172 Å². The van der Waals surface area contributed by atoms with Gasteiger partial charge in [-0.1, -0.05) is 60.2 Å². The molecule has 2 N–H and O–H groups in total. The molecule has 1 aliphatic rings. The van der Waals surface area contributed by atoms with E-state index in [0.717, 1.165) is 24.0 Å². The third-order valence-corrected chi connectivity index (χ3v) is 5.77. The van der Waals surface area contributed by atoms with Gasteiger partial charge in [0, 0.05) is 13.0 Å². The molecule has 0 unspecified atom stereocenters. The molecule has 1 saturated heterocycles. The average molecular weight is 395 g/mol. The van der Waals surface area contributed by atoms with Crippen LogP contribution in [0.4, 0.5) is 0 Å². The molecule has 0 aromatic heterocycles. The normalized spacial score (nSPS) is 18.6. The minimum absolute atomic E-state index is 0.0245. The Morgan fingerprint density at radius 3 is 2.48 bits per heavy atom. The van der Waals surface area contributed by atoms with E-state index in [2.05, 4.69) is 5.32 Å². The largest absolute Gasteiger partial charge is 0.394 e.